The van der Waals surface area contributed by atoms with E-state index in [9.17, 15) is 0 Å². The molecule has 0 aromatic carbocycles. The lowest BCUT2D eigenvalue weighted by Gasteiger charge is -2.29. The average Bonchev–Trinajstić information content (AvgIpc) is 2.80. The quantitative estimate of drug-likeness (QED) is 0.849. The van der Waals surface area contributed by atoms with Crippen LogP contribution in [-0.2, 0) is 4.74 Å². The minimum absolute atomic E-state index is 0.416. The van der Waals surface area contributed by atoms with E-state index in [0.717, 1.165) is 32.6 Å². The molecule has 1 unspecified atom stereocenters. The van der Waals surface area contributed by atoms with Crippen molar-refractivity contribution in [1.29, 1.82) is 0 Å². The van der Waals surface area contributed by atoms with Gasteiger partial charge in [-0.25, -0.2) is 0 Å². The van der Waals surface area contributed by atoms with Crippen LogP contribution in [0.2, 0.25) is 0 Å². The number of aromatic nitrogens is 2. The highest BCUT2D eigenvalue weighted by atomic mass is 32.1. The van der Waals surface area contributed by atoms with Gasteiger partial charge in [-0.15, -0.1) is 5.10 Å². The summed E-state index contributed by atoms with van der Waals surface area (Å²) < 4.78 is 9.33. The first-order valence-corrected chi connectivity index (χ1v) is 6.27. The molecule has 2 rings (SSSR count). The van der Waals surface area contributed by atoms with Crippen molar-refractivity contribution in [2.75, 3.05) is 19.8 Å². The fraction of sp³-hybridized carbons (Fsp3) is 0.800. The second kappa shape index (κ2) is 5.53. The fourth-order valence-corrected chi connectivity index (χ4v) is 2.75. The molecule has 0 amide bonds. The molecule has 5 heteroatoms. The summed E-state index contributed by atoms with van der Waals surface area (Å²) in [7, 11) is 0. The molecule has 1 fully saturated rings. The molecule has 1 N–H and O–H groups in total. The first-order chi connectivity index (χ1) is 7.42. The zero-order valence-electron chi connectivity index (χ0n) is 8.98. The molecular weight excluding hydrogens is 210 g/mol. The predicted molar refractivity (Wildman–Crippen MR) is 59.9 cm³/mol. The highest BCUT2D eigenvalue weighted by molar-refractivity contribution is 7.05. The van der Waals surface area contributed by atoms with E-state index < -0.39 is 0 Å². The molecule has 4 nitrogen and oxygen atoms in total. The second-order valence-corrected chi connectivity index (χ2v) is 4.62. The van der Waals surface area contributed by atoms with Gasteiger partial charge in [-0.1, -0.05) is 11.4 Å². The van der Waals surface area contributed by atoms with Crippen molar-refractivity contribution in [2.24, 2.45) is 5.92 Å². The highest BCUT2D eigenvalue weighted by Crippen LogP contribution is 2.30. The minimum Gasteiger partial charge on any atom is -0.381 e. The summed E-state index contributed by atoms with van der Waals surface area (Å²) >= 11 is 1.50. The van der Waals surface area contributed by atoms with Crippen LogP contribution in [-0.4, -0.2) is 29.3 Å². The summed E-state index contributed by atoms with van der Waals surface area (Å²) in [6.07, 6.45) is 4.15. The van der Waals surface area contributed by atoms with Crippen LogP contribution in [0.15, 0.2) is 6.20 Å². The molecule has 0 radical (unpaired) electrons. The Hall–Kier alpha value is -0.520. The van der Waals surface area contributed by atoms with E-state index in [1.807, 2.05) is 6.20 Å². The maximum atomic E-state index is 5.39. The standard InChI is InChI=1S/C10H17N3OS/c1-2-11-10(9-7-12-13-15-9)8-3-5-14-6-4-8/h7-8,10-11H,2-6H2,1H3. The van der Waals surface area contributed by atoms with Crippen molar-refractivity contribution in [3.8, 4) is 0 Å². The van der Waals surface area contributed by atoms with Crippen molar-refractivity contribution >= 4 is 11.5 Å². The van der Waals surface area contributed by atoms with Crippen molar-refractivity contribution < 1.29 is 4.74 Å². The van der Waals surface area contributed by atoms with Crippen LogP contribution in [0, 0.1) is 5.92 Å². The van der Waals surface area contributed by atoms with Gasteiger partial charge >= 0.3 is 0 Å². The lowest BCUT2D eigenvalue weighted by molar-refractivity contribution is 0.0542. The number of nitrogens with zero attached hydrogens (tertiary/aromatic N) is 2. The van der Waals surface area contributed by atoms with Crippen LogP contribution in [0.25, 0.3) is 0 Å². The minimum atomic E-state index is 0.416. The van der Waals surface area contributed by atoms with Crippen molar-refractivity contribution in [3.05, 3.63) is 11.1 Å². The molecule has 1 aliphatic rings. The van der Waals surface area contributed by atoms with Crippen LogP contribution in [0.4, 0.5) is 0 Å². The zero-order valence-corrected chi connectivity index (χ0v) is 9.80. The largest absolute Gasteiger partial charge is 0.381 e. The summed E-state index contributed by atoms with van der Waals surface area (Å²) in [6, 6.07) is 0.416. The van der Waals surface area contributed by atoms with E-state index in [-0.39, 0.29) is 0 Å². The van der Waals surface area contributed by atoms with E-state index in [1.165, 1.54) is 16.4 Å². The van der Waals surface area contributed by atoms with Crippen molar-refractivity contribution in [1.82, 2.24) is 14.9 Å². The Bertz CT molecular complexity index is 272. The van der Waals surface area contributed by atoms with Gasteiger partial charge in [0.05, 0.1) is 11.1 Å². The molecule has 15 heavy (non-hydrogen) atoms. The first-order valence-electron chi connectivity index (χ1n) is 5.50. The summed E-state index contributed by atoms with van der Waals surface area (Å²) in [6.45, 7) is 4.90. The van der Waals surface area contributed by atoms with E-state index in [1.54, 1.807) is 0 Å². The first kappa shape index (κ1) is 11.0. The molecule has 0 saturated carbocycles. The molecule has 84 valence electrons. The summed E-state index contributed by atoms with van der Waals surface area (Å²) in [4.78, 5) is 1.25. The van der Waals surface area contributed by atoms with Crippen molar-refractivity contribution in [3.63, 3.8) is 0 Å². The zero-order chi connectivity index (χ0) is 10.5. The lowest BCUT2D eigenvalue weighted by Crippen LogP contribution is -2.31. The molecule has 1 aromatic rings. The van der Waals surface area contributed by atoms with Gasteiger partial charge in [0.25, 0.3) is 0 Å². The van der Waals surface area contributed by atoms with Gasteiger partial charge in [-0.2, -0.15) is 0 Å². The molecule has 0 bridgehead atoms. The molecular formula is C10H17N3OS. The Morgan fingerprint density at radius 1 is 1.60 bits per heavy atom. The van der Waals surface area contributed by atoms with Crippen molar-refractivity contribution in [2.45, 2.75) is 25.8 Å². The maximum Gasteiger partial charge on any atom is 0.0669 e. The third-order valence-corrected chi connectivity index (χ3v) is 3.59. The monoisotopic (exact) mass is 227 g/mol. The van der Waals surface area contributed by atoms with Gasteiger partial charge in [0.15, 0.2) is 0 Å². The van der Waals surface area contributed by atoms with Crippen LogP contribution in [0.1, 0.15) is 30.7 Å². The molecule has 0 spiro atoms. The Morgan fingerprint density at radius 2 is 2.40 bits per heavy atom. The van der Waals surface area contributed by atoms with Gasteiger partial charge in [0.1, 0.15) is 0 Å². The molecule has 2 heterocycles. The molecule has 1 aromatic heterocycles. The topological polar surface area (TPSA) is 47.0 Å². The Labute approximate surface area is 94.2 Å². The summed E-state index contributed by atoms with van der Waals surface area (Å²) in [5.41, 5.74) is 0. The number of nitrogens with one attached hydrogen (secondary N) is 1. The number of hydrogen-bond donors (Lipinski definition) is 1. The Morgan fingerprint density at radius 3 is 3.00 bits per heavy atom. The number of ether oxygens (including phenoxy) is 1. The lowest BCUT2D eigenvalue weighted by atomic mass is 9.91. The van der Waals surface area contributed by atoms with Gasteiger partial charge in [0.2, 0.25) is 0 Å². The summed E-state index contributed by atoms with van der Waals surface area (Å²) in [5.74, 6) is 0.668. The van der Waals surface area contributed by atoms with Gasteiger partial charge in [0, 0.05) is 19.3 Å². The van der Waals surface area contributed by atoms with Gasteiger partial charge in [-0.3, -0.25) is 0 Å². The number of hydrogen-bond acceptors (Lipinski definition) is 5. The van der Waals surface area contributed by atoms with E-state index in [0.29, 0.717) is 12.0 Å². The normalized spacial score (nSPS) is 20.3. The number of rotatable bonds is 4. The van der Waals surface area contributed by atoms with Gasteiger partial charge in [-0.05, 0) is 36.8 Å². The molecule has 1 aliphatic heterocycles. The van der Waals surface area contributed by atoms with E-state index in [2.05, 4.69) is 21.8 Å². The third-order valence-electron chi connectivity index (χ3n) is 2.85. The van der Waals surface area contributed by atoms with Crippen LogP contribution in [0.5, 0.6) is 0 Å². The molecule has 1 saturated heterocycles. The molecule has 0 aliphatic carbocycles. The second-order valence-electron chi connectivity index (χ2n) is 3.81. The van der Waals surface area contributed by atoms with E-state index >= 15 is 0 Å². The fourth-order valence-electron chi connectivity index (χ4n) is 2.08. The summed E-state index contributed by atoms with van der Waals surface area (Å²) in [5, 5.41) is 7.45. The van der Waals surface area contributed by atoms with Crippen LogP contribution < -0.4 is 5.32 Å². The Balaban J connectivity index is 2.04. The Kier molecular flexibility index (Phi) is 4.05. The van der Waals surface area contributed by atoms with Crippen LogP contribution in [0.3, 0.4) is 0 Å². The third kappa shape index (κ3) is 2.74. The van der Waals surface area contributed by atoms with E-state index in [4.69, 9.17) is 4.74 Å². The predicted octanol–water partition coefficient (Wildman–Crippen LogP) is 1.62. The smallest absolute Gasteiger partial charge is 0.0669 e. The van der Waals surface area contributed by atoms with Gasteiger partial charge < -0.3 is 10.1 Å². The average molecular weight is 227 g/mol. The molecule has 1 atom stereocenters. The highest BCUT2D eigenvalue weighted by Gasteiger charge is 2.25. The SMILES string of the molecule is CCNC(c1cnns1)C1CCOCC1. The maximum absolute atomic E-state index is 5.39. The van der Waals surface area contributed by atoms with Crippen LogP contribution >= 0.6 is 11.5 Å².